The normalized spacial score (nSPS) is 18.5. The molecule has 3 rings (SSSR count). The molecule has 1 aromatic carbocycles. The molecule has 0 bridgehead atoms. The van der Waals surface area contributed by atoms with E-state index in [0.29, 0.717) is 18.9 Å². The highest BCUT2D eigenvalue weighted by atomic mass is 79.9. The Kier molecular flexibility index (Phi) is 3.95. The molecule has 1 aliphatic heterocycles. The Morgan fingerprint density at radius 2 is 2.29 bits per heavy atom. The van der Waals surface area contributed by atoms with Crippen LogP contribution in [0.15, 0.2) is 28.9 Å². The monoisotopic (exact) mass is 365 g/mol. The van der Waals surface area contributed by atoms with Crippen molar-refractivity contribution in [2.45, 2.75) is 18.6 Å². The summed E-state index contributed by atoms with van der Waals surface area (Å²) in [5.74, 6) is 0.361. The van der Waals surface area contributed by atoms with Gasteiger partial charge in [0.15, 0.2) is 5.12 Å². The van der Waals surface area contributed by atoms with E-state index in [4.69, 9.17) is 0 Å². The zero-order valence-corrected chi connectivity index (χ0v) is 13.6. The third-order valence-corrected chi connectivity index (χ3v) is 4.90. The van der Waals surface area contributed by atoms with Crippen LogP contribution in [0.5, 0.6) is 0 Å². The molecule has 1 fully saturated rings. The van der Waals surface area contributed by atoms with Crippen LogP contribution < -0.4 is 4.90 Å². The number of fused-ring (bicyclic) bond motifs is 1. The van der Waals surface area contributed by atoms with Crippen LogP contribution in [0.1, 0.15) is 13.3 Å². The standard InChI is InChI=1S/C14H12BrN3O2S/c1-8(19)21-9-5-13(20)18(7-9)14-16-6-10-11(15)3-2-4-12(10)17-14/h2-4,6,9H,5,7H2,1H3. The van der Waals surface area contributed by atoms with E-state index in [1.165, 1.54) is 18.7 Å². The summed E-state index contributed by atoms with van der Waals surface area (Å²) >= 11 is 4.66. The smallest absolute Gasteiger partial charge is 0.232 e. The van der Waals surface area contributed by atoms with Gasteiger partial charge in [0.05, 0.1) is 5.52 Å². The topological polar surface area (TPSA) is 63.2 Å². The number of carbonyl (C=O) groups is 2. The van der Waals surface area contributed by atoms with Crippen molar-refractivity contribution in [3.63, 3.8) is 0 Å². The van der Waals surface area contributed by atoms with E-state index in [1.807, 2.05) is 18.2 Å². The molecule has 7 heteroatoms. The van der Waals surface area contributed by atoms with E-state index in [2.05, 4.69) is 25.9 Å². The number of aromatic nitrogens is 2. The highest BCUT2D eigenvalue weighted by Gasteiger charge is 2.33. The van der Waals surface area contributed by atoms with E-state index in [0.717, 1.165) is 15.4 Å². The van der Waals surface area contributed by atoms with Gasteiger partial charge in [0.2, 0.25) is 11.9 Å². The summed E-state index contributed by atoms with van der Waals surface area (Å²) in [7, 11) is 0. The molecular formula is C14H12BrN3O2S. The number of hydrogen-bond acceptors (Lipinski definition) is 5. The second-order valence-corrected chi connectivity index (χ2v) is 7.11. The van der Waals surface area contributed by atoms with Gasteiger partial charge in [-0.15, -0.1) is 0 Å². The number of anilines is 1. The predicted octanol–water partition coefficient (Wildman–Crippen LogP) is 2.78. The van der Waals surface area contributed by atoms with Crippen molar-refractivity contribution < 1.29 is 9.59 Å². The molecule has 0 N–H and O–H groups in total. The van der Waals surface area contributed by atoms with Crippen LogP contribution in [-0.2, 0) is 9.59 Å². The van der Waals surface area contributed by atoms with Crippen LogP contribution in [-0.4, -0.2) is 32.8 Å². The number of rotatable bonds is 2. The van der Waals surface area contributed by atoms with Gasteiger partial charge in [-0.25, -0.2) is 9.97 Å². The van der Waals surface area contributed by atoms with Crippen molar-refractivity contribution in [2.24, 2.45) is 0 Å². The van der Waals surface area contributed by atoms with Crippen molar-refractivity contribution in [2.75, 3.05) is 11.4 Å². The van der Waals surface area contributed by atoms with E-state index < -0.39 is 0 Å². The molecule has 5 nitrogen and oxygen atoms in total. The number of carbonyl (C=O) groups excluding carboxylic acids is 2. The fourth-order valence-corrected chi connectivity index (χ4v) is 3.70. The molecular weight excluding hydrogens is 354 g/mol. The predicted molar refractivity (Wildman–Crippen MR) is 86.3 cm³/mol. The maximum Gasteiger partial charge on any atom is 0.232 e. The lowest BCUT2D eigenvalue weighted by Gasteiger charge is -2.14. The summed E-state index contributed by atoms with van der Waals surface area (Å²) in [4.78, 5) is 33.5. The molecule has 1 aliphatic rings. The molecule has 1 saturated heterocycles. The summed E-state index contributed by atoms with van der Waals surface area (Å²) in [6.45, 7) is 1.99. The van der Waals surface area contributed by atoms with Crippen LogP contribution in [0.4, 0.5) is 5.95 Å². The maximum absolute atomic E-state index is 12.1. The SMILES string of the molecule is CC(=O)SC1CC(=O)N(c2ncc3c(Br)cccc3n2)C1. The Morgan fingerprint density at radius 1 is 1.48 bits per heavy atom. The summed E-state index contributed by atoms with van der Waals surface area (Å²) < 4.78 is 0.921. The molecule has 1 amide bonds. The fourth-order valence-electron chi connectivity index (χ4n) is 2.32. The molecule has 0 spiro atoms. The van der Waals surface area contributed by atoms with Crippen molar-refractivity contribution in [1.82, 2.24) is 9.97 Å². The largest absolute Gasteiger partial charge is 0.288 e. The highest BCUT2D eigenvalue weighted by molar-refractivity contribution is 9.10. The Bertz CT molecular complexity index is 737. The number of thioether (sulfide) groups is 1. The van der Waals surface area contributed by atoms with Crippen LogP contribution in [0.3, 0.4) is 0 Å². The maximum atomic E-state index is 12.1. The fraction of sp³-hybridized carbons (Fsp3) is 0.286. The highest BCUT2D eigenvalue weighted by Crippen LogP contribution is 2.28. The zero-order chi connectivity index (χ0) is 15.0. The van der Waals surface area contributed by atoms with Crippen molar-refractivity contribution in [1.29, 1.82) is 0 Å². The lowest BCUT2D eigenvalue weighted by molar-refractivity contribution is -0.117. The molecule has 0 saturated carbocycles. The van der Waals surface area contributed by atoms with Gasteiger partial charge in [-0.2, -0.15) is 0 Å². The van der Waals surface area contributed by atoms with Gasteiger partial charge in [-0.05, 0) is 12.1 Å². The Hall–Kier alpha value is -1.47. The van der Waals surface area contributed by atoms with Crippen LogP contribution >= 0.6 is 27.7 Å². The minimum Gasteiger partial charge on any atom is -0.288 e. The number of halogens is 1. The molecule has 21 heavy (non-hydrogen) atoms. The van der Waals surface area contributed by atoms with Gasteiger partial charge >= 0.3 is 0 Å². The number of hydrogen-bond donors (Lipinski definition) is 0. The van der Waals surface area contributed by atoms with Crippen molar-refractivity contribution in [3.8, 4) is 0 Å². The second-order valence-electron chi connectivity index (χ2n) is 4.78. The van der Waals surface area contributed by atoms with Crippen molar-refractivity contribution in [3.05, 3.63) is 28.9 Å². The molecule has 0 aliphatic carbocycles. The van der Waals surface area contributed by atoms with Crippen molar-refractivity contribution >= 4 is 55.6 Å². The van der Waals surface area contributed by atoms with Gasteiger partial charge in [0, 0.05) is 41.2 Å². The minimum atomic E-state index is -0.0388. The van der Waals surface area contributed by atoms with Crippen LogP contribution in [0.25, 0.3) is 10.9 Å². The first-order valence-electron chi connectivity index (χ1n) is 6.43. The summed E-state index contributed by atoms with van der Waals surface area (Å²) in [6.07, 6.45) is 2.06. The van der Waals surface area contributed by atoms with Gasteiger partial charge in [0.1, 0.15) is 0 Å². The van der Waals surface area contributed by atoms with Gasteiger partial charge in [-0.1, -0.05) is 33.8 Å². The van der Waals surface area contributed by atoms with Gasteiger partial charge in [0.25, 0.3) is 0 Å². The quantitative estimate of drug-likeness (QED) is 0.818. The summed E-state index contributed by atoms with van der Waals surface area (Å²) in [6, 6.07) is 5.70. The van der Waals surface area contributed by atoms with E-state index in [9.17, 15) is 9.59 Å². The third kappa shape index (κ3) is 2.94. The summed E-state index contributed by atoms with van der Waals surface area (Å²) in [5, 5.41) is 0.914. The second kappa shape index (κ2) is 5.73. The molecule has 0 radical (unpaired) electrons. The molecule has 2 heterocycles. The summed E-state index contributed by atoms with van der Waals surface area (Å²) in [5.41, 5.74) is 0.782. The first-order chi connectivity index (χ1) is 10.0. The molecule has 2 aromatic rings. The Morgan fingerprint density at radius 3 is 3.05 bits per heavy atom. The average Bonchev–Trinajstić information content (AvgIpc) is 2.78. The lowest BCUT2D eigenvalue weighted by Crippen LogP contribution is -2.27. The molecule has 1 atom stereocenters. The number of amides is 1. The first kappa shape index (κ1) is 14.5. The van der Waals surface area contributed by atoms with Gasteiger partial charge < -0.3 is 0 Å². The van der Waals surface area contributed by atoms with Gasteiger partial charge in [-0.3, -0.25) is 14.5 Å². The molecule has 108 valence electrons. The molecule has 1 unspecified atom stereocenters. The minimum absolute atomic E-state index is 0.0168. The first-order valence-corrected chi connectivity index (χ1v) is 8.10. The average molecular weight is 366 g/mol. The molecule has 1 aromatic heterocycles. The van der Waals surface area contributed by atoms with E-state index >= 15 is 0 Å². The number of benzene rings is 1. The van der Waals surface area contributed by atoms with Crippen LogP contribution in [0.2, 0.25) is 0 Å². The zero-order valence-electron chi connectivity index (χ0n) is 11.2. The Balaban J connectivity index is 1.90. The third-order valence-electron chi connectivity index (χ3n) is 3.22. The van der Waals surface area contributed by atoms with E-state index in [-0.39, 0.29) is 16.3 Å². The van der Waals surface area contributed by atoms with Crippen LogP contribution in [0, 0.1) is 0 Å². The Labute approximate surface area is 134 Å². The van der Waals surface area contributed by atoms with E-state index in [1.54, 1.807) is 11.1 Å². The number of nitrogens with zero attached hydrogens (tertiary/aromatic N) is 3. The lowest BCUT2D eigenvalue weighted by atomic mass is 10.2.